The Hall–Kier alpha value is -5.08. The molecule has 4 heterocycles. The summed E-state index contributed by atoms with van der Waals surface area (Å²) in [5.41, 5.74) is 19.8. The van der Waals surface area contributed by atoms with Crippen molar-refractivity contribution in [2.24, 2.45) is 0 Å². The smallest absolute Gasteiger partial charge is 0.0708 e. The summed E-state index contributed by atoms with van der Waals surface area (Å²) in [7, 11) is 0. The van der Waals surface area contributed by atoms with E-state index in [4.69, 9.17) is 0 Å². The number of benzene rings is 4. The van der Waals surface area contributed by atoms with Crippen LogP contribution in [0.2, 0.25) is 0 Å². The second-order valence-electron chi connectivity index (χ2n) is 13.1. The molecule has 4 atom stereocenters. The zero-order chi connectivity index (χ0) is 28.5. The molecule has 44 heavy (non-hydrogen) atoms. The minimum Gasteiger partial charge on any atom is -0.332 e. The molecule has 3 aliphatic carbocycles. The molecule has 0 saturated carbocycles. The molecular weight excluding hydrogens is 532 g/mol. The number of anilines is 4. The standard InChI is InChI=1S/C42H30N2/c1-3-11-25(12-4-1)27-19-21-29-33-23-38-34(24-37(33)43-35-17-9-7-15-31(35)39(27)41(29)43)30-22-20-28(26-13-5-2-6-14-26)40-32-16-8-10-18-36(32)44(38)42(30)40/h1-5,7-13,15-24,39-42H,6,14H2/t39-,40-,41?,42?/m1/s1. The Kier molecular flexibility index (Phi) is 4.41. The Labute approximate surface area is 258 Å². The summed E-state index contributed by atoms with van der Waals surface area (Å²) in [4.78, 5) is 5.34. The molecular formula is C42H30N2. The van der Waals surface area contributed by atoms with E-state index in [1.807, 2.05) is 0 Å². The Morgan fingerprint density at radius 3 is 1.66 bits per heavy atom. The van der Waals surface area contributed by atoms with E-state index >= 15 is 0 Å². The molecule has 2 heteroatoms. The van der Waals surface area contributed by atoms with Crippen LogP contribution in [-0.2, 0) is 0 Å². The van der Waals surface area contributed by atoms with Gasteiger partial charge in [0.25, 0.3) is 0 Å². The number of allylic oxidation sites excluding steroid dienone is 8. The van der Waals surface area contributed by atoms with Crippen LogP contribution in [0, 0.1) is 0 Å². The van der Waals surface area contributed by atoms with Crippen LogP contribution in [0.5, 0.6) is 0 Å². The first kappa shape index (κ1) is 23.4. The molecule has 208 valence electrons. The van der Waals surface area contributed by atoms with Crippen molar-refractivity contribution in [3.05, 3.63) is 172 Å². The Morgan fingerprint density at radius 2 is 1.05 bits per heavy atom. The first-order valence-corrected chi connectivity index (χ1v) is 16.1. The lowest BCUT2D eigenvalue weighted by Gasteiger charge is -2.30. The Balaban J connectivity index is 1.14. The highest BCUT2D eigenvalue weighted by Gasteiger charge is 2.53. The lowest BCUT2D eigenvalue weighted by molar-refractivity contribution is 0.735. The number of fused-ring (bicyclic) bond motifs is 12. The SMILES string of the molecule is C1=CCCC(C2=CC=C3c4cc5c(cc4N4c6ccccc6[C@@H]2C34)C2=CC=C(c3ccccc3)[C@@H]3c4ccccc4N5C23)=C1. The molecule has 0 aromatic heterocycles. The molecule has 0 amide bonds. The van der Waals surface area contributed by atoms with Gasteiger partial charge < -0.3 is 9.80 Å². The monoisotopic (exact) mass is 562 g/mol. The van der Waals surface area contributed by atoms with Gasteiger partial charge in [0.2, 0.25) is 0 Å². The fraction of sp³-hybridized carbons (Fsp3) is 0.143. The molecule has 0 fully saturated rings. The number of nitrogens with zero attached hydrogens (tertiary/aromatic N) is 2. The number of para-hydroxylation sites is 2. The van der Waals surface area contributed by atoms with Gasteiger partial charge in [0.05, 0.1) is 23.5 Å². The molecule has 0 N–H and O–H groups in total. The fourth-order valence-corrected chi connectivity index (χ4v) is 9.51. The molecule has 4 aromatic rings. The summed E-state index contributed by atoms with van der Waals surface area (Å²) in [6, 6.07) is 34.9. The van der Waals surface area contributed by atoms with E-state index in [2.05, 4.69) is 143 Å². The second kappa shape index (κ2) is 8.30. The minimum absolute atomic E-state index is 0.290. The van der Waals surface area contributed by atoms with Crippen LogP contribution in [0.15, 0.2) is 145 Å². The molecule has 4 aliphatic heterocycles. The molecule has 0 spiro atoms. The van der Waals surface area contributed by atoms with Crippen LogP contribution in [0.4, 0.5) is 22.7 Å². The van der Waals surface area contributed by atoms with E-state index in [1.54, 1.807) is 0 Å². The summed E-state index contributed by atoms with van der Waals surface area (Å²) < 4.78 is 0. The number of hydrogen-bond donors (Lipinski definition) is 0. The van der Waals surface area contributed by atoms with Gasteiger partial charge in [-0.05, 0) is 81.7 Å². The lowest BCUT2D eigenvalue weighted by atomic mass is 9.75. The highest BCUT2D eigenvalue weighted by molar-refractivity contribution is 6.07. The van der Waals surface area contributed by atoms with Gasteiger partial charge in [-0.25, -0.2) is 0 Å². The maximum atomic E-state index is 2.68. The van der Waals surface area contributed by atoms with Crippen molar-refractivity contribution in [3.8, 4) is 0 Å². The maximum absolute atomic E-state index is 2.68. The van der Waals surface area contributed by atoms with Crippen LogP contribution in [-0.4, -0.2) is 12.1 Å². The molecule has 2 unspecified atom stereocenters. The Morgan fingerprint density at radius 1 is 0.500 bits per heavy atom. The highest BCUT2D eigenvalue weighted by Crippen LogP contribution is 2.65. The zero-order valence-electron chi connectivity index (χ0n) is 24.3. The van der Waals surface area contributed by atoms with Gasteiger partial charge in [0, 0.05) is 34.3 Å². The summed E-state index contributed by atoms with van der Waals surface area (Å²) in [6.45, 7) is 0. The summed E-state index contributed by atoms with van der Waals surface area (Å²) in [5.74, 6) is 0.679. The van der Waals surface area contributed by atoms with Crippen LogP contribution >= 0.6 is 0 Å². The van der Waals surface area contributed by atoms with Crippen molar-refractivity contribution in [3.63, 3.8) is 0 Å². The van der Waals surface area contributed by atoms with E-state index in [1.165, 1.54) is 78.4 Å². The maximum Gasteiger partial charge on any atom is 0.0708 e. The minimum atomic E-state index is 0.290. The lowest BCUT2D eigenvalue weighted by Crippen LogP contribution is -2.29. The van der Waals surface area contributed by atoms with Crippen molar-refractivity contribution < 1.29 is 0 Å². The summed E-state index contributed by atoms with van der Waals surface area (Å²) >= 11 is 0. The van der Waals surface area contributed by atoms with Gasteiger partial charge in [-0.2, -0.15) is 0 Å². The third-order valence-electron chi connectivity index (χ3n) is 11.2. The third-order valence-corrected chi connectivity index (χ3v) is 11.2. The van der Waals surface area contributed by atoms with Gasteiger partial charge in [-0.3, -0.25) is 0 Å². The largest absolute Gasteiger partial charge is 0.332 e. The van der Waals surface area contributed by atoms with Crippen molar-refractivity contribution >= 4 is 39.5 Å². The average molecular weight is 563 g/mol. The van der Waals surface area contributed by atoms with Gasteiger partial charge >= 0.3 is 0 Å². The molecule has 0 bridgehead atoms. The highest BCUT2D eigenvalue weighted by atomic mass is 15.2. The summed E-state index contributed by atoms with van der Waals surface area (Å²) in [6.07, 6.45) is 18.9. The molecule has 2 nitrogen and oxygen atoms in total. The van der Waals surface area contributed by atoms with Crippen LogP contribution in [0.25, 0.3) is 16.7 Å². The van der Waals surface area contributed by atoms with E-state index in [9.17, 15) is 0 Å². The topological polar surface area (TPSA) is 6.48 Å². The molecule has 7 aliphatic rings. The number of hydrogen-bond acceptors (Lipinski definition) is 2. The average Bonchev–Trinajstić information content (AvgIpc) is 3.81. The van der Waals surface area contributed by atoms with E-state index in [0.29, 0.717) is 17.9 Å². The van der Waals surface area contributed by atoms with Crippen LogP contribution in [0.1, 0.15) is 52.5 Å². The van der Waals surface area contributed by atoms with E-state index < -0.39 is 0 Å². The van der Waals surface area contributed by atoms with Crippen LogP contribution < -0.4 is 9.80 Å². The van der Waals surface area contributed by atoms with Crippen molar-refractivity contribution in [2.45, 2.75) is 36.8 Å². The second-order valence-corrected chi connectivity index (χ2v) is 13.1. The fourth-order valence-electron chi connectivity index (χ4n) is 9.51. The van der Waals surface area contributed by atoms with Crippen LogP contribution in [0.3, 0.4) is 0 Å². The van der Waals surface area contributed by atoms with Crippen molar-refractivity contribution in [1.29, 1.82) is 0 Å². The first-order valence-electron chi connectivity index (χ1n) is 16.1. The predicted octanol–water partition coefficient (Wildman–Crippen LogP) is 10.0. The van der Waals surface area contributed by atoms with Gasteiger partial charge in [-0.1, -0.05) is 109 Å². The van der Waals surface area contributed by atoms with Crippen molar-refractivity contribution in [1.82, 2.24) is 0 Å². The summed E-state index contributed by atoms with van der Waals surface area (Å²) in [5, 5.41) is 0. The van der Waals surface area contributed by atoms with Gasteiger partial charge in [0.15, 0.2) is 0 Å². The van der Waals surface area contributed by atoms with Gasteiger partial charge in [-0.15, -0.1) is 0 Å². The van der Waals surface area contributed by atoms with E-state index in [-0.39, 0.29) is 6.04 Å². The predicted molar refractivity (Wildman–Crippen MR) is 182 cm³/mol. The van der Waals surface area contributed by atoms with E-state index in [0.717, 1.165) is 12.8 Å². The normalized spacial score (nSPS) is 25.6. The zero-order valence-corrected chi connectivity index (χ0v) is 24.3. The molecule has 4 aromatic carbocycles. The first-order chi connectivity index (χ1) is 21.9. The Bertz CT molecular complexity index is 2150. The third kappa shape index (κ3) is 2.78. The quantitative estimate of drug-likeness (QED) is 0.240. The molecule has 0 radical (unpaired) electrons. The molecule has 11 rings (SSSR count). The molecule has 0 saturated heterocycles. The van der Waals surface area contributed by atoms with Gasteiger partial charge in [0.1, 0.15) is 0 Å². The van der Waals surface area contributed by atoms with Crippen molar-refractivity contribution in [2.75, 3.05) is 9.80 Å². The number of rotatable bonds is 2.